The molecule has 0 spiro atoms. The van der Waals surface area contributed by atoms with E-state index < -0.39 is 0 Å². The van der Waals surface area contributed by atoms with Crippen LogP contribution in [-0.4, -0.2) is 15.7 Å². The lowest BCUT2D eigenvalue weighted by Gasteiger charge is -2.08. The minimum Gasteiger partial charge on any atom is -0.245 e. The van der Waals surface area contributed by atoms with Crippen LogP contribution in [0.1, 0.15) is 69.0 Å². The van der Waals surface area contributed by atoms with Crippen molar-refractivity contribution < 1.29 is 0 Å². The zero-order valence-electron chi connectivity index (χ0n) is 15.4. The second-order valence-corrected chi connectivity index (χ2v) is 6.51. The molecule has 2 aromatic rings. The molecule has 1 aromatic heterocycles. The number of hydrogen-bond donors (Lipinski definition) is 1. The van der Waals surface area contributed by atoms with Crippen LogP contribution in [0, 0.1) is 6.92 Å². The molecule has 0 aliphatic carbocycles. The van der Waals surface area contributed by atoms with Gasteiger partial charge in [0.25, 0.3) is 0 Å². The molecule has 1 heterocycles. The van der Waals surface area contributed by atoms with E-state index in [9.17, 15) is 0 Å². The van der Waals surface area contributed by atoms with Gasteiger partial charge < -0.3 is 0 Å². The van der Waals surface area contributed by atoms with Crippen LogP contribution in [0.25, 0.3) is 0 Å². The molecule has 2 rings (SSSR count). The summed E-state index contributed by atoms with van der Waals surface area (Å²) < 4.78 is 0. The number of anilines is 1. The fourth-order valence-electron chi connectivity index (χ4n) is 2.48. The summed E-state index contributed by atoms with van der Waals surface area (Å²) in [6, 6.07) is 10.6. The standard InChI is InChI=1S/C20H28N4/c1-6-7-8-19-13-15(4)21-20(22-19)24-23-16(5)18-11-9-17(10-12-18)14(2)3/h9-14H,6-8H2,1-5H3,(H,21,22,24). The molecule has 4 nitrogen and oxygen atoms in total. The molecule has 0 radical (unpaired) electrons. The molecule has 0 atom stereocenters. The van der Waals surface area contributed by atoms with Gasteiger partial charge in [0.1, 0.15) is 0 Å². The first-order chi connectivity index (χ1) is 11.5. The topological polar surface area (TPSA) is 50.2 Å². The zero-order valence-corrected chi connectivity index (χ0v) is 15.4. The lowest BCUT2D eigenvalue weighted by molar-refractivity contribution is 0.772. The summed E-state index contributed by atoms with van der Waals surface area (Å²) in [6.45, 7) is 10.6. The Morgan fingerprint density at radius 2 is 1.88 bits per heavy atom. The molecule has 0 saturated carbocycles. The van der Waals surface area contributed by atoms with Crippen molar-refractivity contribution >= 4 is 11.7 Å². The van der Waals surface area contributed by atoms with E-state index in [1.54, 1.807) is 0 Å². The number of benzene rings is 1. The van der Waals surface area contributed by atoms with Gasteiger partial charge in [0.15, 0.2) is 0 Å². The molecular weight excluding hydrogens is 296 g/mol. The van der Waals surface area contributed by atoms with Crippen molar-refractivity contribution in [3.05, 3.63) is 52.8 Å². The number of hydrogen-bond acceptors (Lipinski definition) is 4. The summed E-state index contributed by atoms with van der Waals surface area (Å²) in [6.07, 6.45) is 3.28. The highest BCUT2D eigenvalue weighted by Gasteiger charge is 2.04. The van der Waals surface area contributed by atoms with Gasteiger partial charge in [0.05, 0.1) is 5.71 Å². The van der Waals surface area contributed by atoms with Gasteiger partial charge in [-0.3, -0.25) is 0 Å². The summed E-state index contributed by atoms with van der Waals surface area (Å²) in [5.74, 6) is 1.11. The third-order valence-corrected chi connectivity index (χ3v) is 4.01. The van der Waals surface area contributed by atoms with Crippen LogP contribution in [0.3, 0.4) is 0 Å². The number of nitrogens with one attached hydrogen (secondary N) is 1. The van der Waals surface area contributed by atoms with Crippen LogP contribution in [0.4, 0.5) is 5.95 Å². The van der Waals surface area contributed by atoms with Gasteiger partial charge in [-0.15, -0.1) is 0 Å². The monoisotopic (exact) mass is 324 g/mol. The average molecular weight is 324 g/mol. The molecule has 0 aliphatic heterocycles. The van der Waals surface area contributed by atoms with Crippen molar-refractivity contribution in [1.29, 1.82) is 0 Å². The minimum absolute atomic E-state index is 0.539. The Hall–Kier alpha value is -2.23. The number of nitrogens with zero attached hydrogens (tertiary/aromatic N) is 3. The lowest BCUT2D eigenvalue weighted by atomic mass is 10.0. The zero-order chi connectivity index (χ0) is 17.5. The first-order valence-electron chi connectivity index (χ1n) is 8.74. The van der Waals surface area contributed by atoms with Gasteiger partial charge in [-0.05, 0) is 49.8 Å². The minimum atomic E-state index is 0.539. The van der Waals surface area contributed by atoms with Gasteiger partial charge in [-0.25, -0.2) is 15.4 Å². The van der Waals surface area contributed by atoms with Gasteiger partial charge in [-0.1, -0.05) is 51.5 Å². The molecule has 0 unspecified atom stereocenters. The fourth-order valence-corrected chi connectivity index (χ4v) is 2.48. The van der Waals surface area contributed by atoms with Crippen LogP contribution < -0.4 is 5.43 Å². The van der Waals surface area contributed by atoms with Crippen molar-refractivity contribution in [2.75, 3.05) is 5.43 Å². The van der Waals surface area contributed by atoms with Crippen molar-refractivity contribution in [3.63, 3.8) is 0 Å². The van der Waals surface area contributed by atoms with E-state index >= 15 is 0 Å². The number of aryl methyl sites for hydroxylation is 2. The summed E-state index contributed by atoms with van der Waals surface area (Å²) in [5, 5.41) is 4.44. The highest BCUT2D eigenvalue weighted by atomic mass is 15.4. The lowest BCUT2D eigenvalue weighted by Crippen LogP contribution is -2.05. The maximum absolute atomic E-state index is 4.54. The second-order valence-electron chi connectivity index (χ2n) is 6.51. The highest BCUT2D eigenvalue weighted by molar-refractivity contribution is 5.99. The van der Waals surface area contributed by atoms with Gasteiger partial charge in [0.2, 0.25) is 5.95 Å². The number of aromatic nitrogens is 2. The third-order valence-electron chi connectivity index (χ3n) is 4.01. The highest BCUT2D eigenvalue weighted by Crippen LogP contribution is 2.15. The molecule has 4 heteroatoms. The van der Waals surface area contributed by atoms with E-state index in [1.807, 2.05) is 19.9 Å². The molecule has 0 fully saturated rings. The fraction of sp³-hybridized carbons (Fsp3) is 0.450. The number of rotatable bonds is 7. The Morgan fingerprint density at radius 1 is 1.17 bits per heavy atom. The predicted molar refractivity (Wildman–Crippen MR) is 102 cm³/mol. The van der Waals surface area contributed by atoms with E-state index in [-0.39, 0.29) is 0 Å². The summed E-state index contributed by atoms with van der Waals surface area (Å²) in [7, 11) is 0. The van der Waals surface area contributed by atoms with E-state index in [0.29, 0.717) is 11.9 Å². The predicted octanol–water partition coefficient (Wildman–Crippen LogP) is 5.09. The van der Waals surface area contributed by atoms with E-state index in [1.165, 1.54) is 5.56 Å². The molecule has 0 bridgehead atoms. The molecule has 128 valence electrons. The van der Waals surface area contributed by atoms with Gasteiger partial charge >= 0.3 is 0 Å². The molecule has 0 aliphatic rings. The Labute approximate surface area is 145 Å². The van der Waals surface area contributed by atoms with Crippen molar-refractivity contribution in [3.8, 4) is 0 Å². The first-order valence-corrected chi connectivity index (χ1v) is 8.74. The van der Waals surface area contributed by atoms with E-state index in [2.05, 4.69) is 65.5 Å². The van der Waals surface area contributed by atoms with Gasteiger partial charge in [-0.2, -0.15) is 5.10 Å². The number of unbranched alkanes of at least 4 members (excludes halogenated alkanes) is 1. The number of hydrazone groups is 1. The molecular formula is C20H28N4. The van der Waals surface area contributed by atoms with Crippen LogP contribution in [0.5, 0.6) is 0 Å². The molecule has 1 N–H and O–H groups in total. The molecule has 0 amide bonds. The molecule has 0 saturated heterocycles. The second kappa shape index (κ2) is 8.57. The van der Waals surface area contributed by atoms with E-state index in [4.69, 9.17) is 0 Å². The average Bonchev–Trinajstić information content (AvgIpc) is 2.57. The van der Waals surface area contributed by atoms with Crippen molar-refractivity contribution in [1.82, 2.24) is 9.97 Å². The van der Waals surface area contributed by atoms with Crippen LogP contribution in [0.2, 0.25) is 0 Å². The Bertz CT molecular complexity index is 687. The maximum Gasteiger partial charge on any atom is 0.243 e. The molecule has 1 aromatic carbocycles. The SMILES string of the molecule is CCCCc1cc(C)nc(NN=C(C)c2ccc(C(C)C)cc2)n1. The largest absolute Gasteiger partial charge is 0.245 e. The summed E-state index contributed by atoms with van der Waals surface area (Å²) in [5.41, 5.74) is 8.40. The first kappa shape index (κ1) is 18.1. The van der Waals surface area contributed by atoms with Crippen LogP contribution in [-0.2, 0) is 6.42 Å². The van der Waals surface area contributed by atoms with Crippen molar-refractivity contribution in [2.24, 2.45) is 5.10 Å². The summed E-state index contributed by atoms with van der Waals surface area (Å²) >= 11 is 0. The normalized spacial score (nSPS) is 11.8. The van der Waals surface area contributed by atoms with Crippen LogP contribution in [0.15, 0.2) is 35.4 Å². The Balaban J connectivity index is 2.10. The smallest absolute Gasteiger partial charge is 0.243 e. The maximum atomic E-state index is 4.54. The van der Waals surface area contributed by atoms with Gasteiger partial charge in [0, 0.05) is 11.4 Å². The van der Waals surface area contributed by atoms with Crippen LogP contribution >= 0.6 is 0 Å². The Kier molecular flexibility index (Phi) is 6.47. The van der Waals surface area contributed by atoms with E-state index in [0.717, 1.165) is 41.9 Å². The Morgan fingerprint density at radius 3 is 2.50 bits per heavy atom. The quantitative estimate of drug-likeness (QED) is 0.570. The van der Waals surface area contributed by atoms with Crippen molar-refractivity contribution in [2.45, 2.75) is 59.8 Å². The molecule has 24 heavy (non-hydrogen) atoms. The summed E-state index contributed by atoms with van der Waals surface area (Å²) in [4.78, 5) is 8.96. The third kappa shape index (κ3) is 5.15.